The van der Waals surface area contributed by atoms with Crippen LogP contribution in [0.4, 0.5) is 0 Å². The molecule has 0 spiro atoms. The van der Waals surface area contributed by atoms with Gasteiger partial charge in [-0.25, -0.2) is 0 Å². The van der Waals surface area contributed by atoms with Gasteiger partial charge in [-0.3, -0.25) is 10.1 Å². The van der Waals surface area contributed by atoms with Crippen LogP contribution < -0.4 is 5.32 Å². The van der Waals surface area contributed by atoms with Gasteiger partial charge in [0.2, 0.25) is 0 Å². The summed E-state index contributed by atoms with van der Waals surface area (Å²) in [4.78, 5) is 11.4. The van der Waals surface area contributed by atoms with Crippen LogP contribution in [0.3, 0.4) is 0 Å². The maximum absolute atomic E-state index is 11.4. The zero-order valence-electron chi connectivity index (χ0n) is 11.7. The molecule has 4 heteroatoms. The van der Waals surface area contributed by atoms with E-state index in [4.69, 9.17) is 0 Å². The van der Waals surface area contributed by atoms with E-state index in [1.165, 1.54) is 6.42 Å². The number of benzene rings is 1. The van der Waals surface area contributed by atoms with Gasteiger partial charge in [0, 0.05) is 6.54 Å². The standard InChI is InChI=1S/C16H23NO3/c18-15(13-9-5-2-6-10-13)14(16(19)20)17-11-12-7-3-1-4-8-12/h1,3-4,7-8,13-15,17-18H,2,5-6,9-11H2,(H,19,20)/t14-,15-/m1/s1. The minimum atomic E-state index is -0.973. The highest BCUT2D eigenvalue weighted by molar-refractivity contribution is 5.74. The second-order valence-corrected chi connectivity index (χ2v) is 5.57. The third-order valence-corrected chi connectivity index (χ3v) is 4.11. The molecule has 0 aromatic heterocycles. The van der Waals surface area contributed by atoms with Crippen molar-refractivity contribution in [1.29, 1.82) is 0 Å². The van der Waals surface area contributed by atoms with Crippen LogP contribution in [0.5, 0.6) is 0 Å². The van der Waals surface area contributed by atoms with Gasteiger partial charge in [0.25, 0.3) is 0 Å². The molecule has 1 aromatic rings. The summed E-state index contributed by atoms with van der Waals surface area (Å²) in [6, 6.07) is 8.76. The molecule has 1 aliphatic carbocycles. The number of nitrogens with one attached hydrogen (secondary N) is 1. The van der Waals surface area contributed by atoms with Crippen LogP contribution in [0.2, 0.25) is 0 Å². The molecule has 0 aliphatic heterocycles. The Hall–Kier alpha value is -1.39. The molecule has 0 saturated heterocycles. The summed E-state index contributed by atoms with van der Waals surface area (Å²) >= 11 is 0. The molecule has 1 aromatic carbocycles. The average Bonchev–Trinajstić information content (AvgIpc) is 2.49. The first-order chi connectivity index (χ1) is 9.68. The second-order valence-electron chi connectivity index (χ2n) is 5.57. The molecule has 3 N–H and O–H groups in total. The zero-order chi connectivity index (χ0) is 14.4. The van der Waals surface area contributed by atoms with Crippen molar-refractivity contribution in [3.05, 3.63) is 35.9 Å². The van der Waals surface area contributed by atoms with Gasteiger partial charge in [0.05, 0.1) is 6.10 Å². The van der Waals surface area contributed by atoms with E-state index in [1.54, 1.807) is 0 Å². The Morgan fingerprint density at radius 2 is 1.85 bits per heavy atom. The lowest BCUT2D eigenvalue weighted by Gasteiger charge is -2.30. The van der Waals surface area contributed by atoms with Crippen LogP contribution in [-0.2, 0) is 11.3 Å². The van der Waals surface area contributed by atoms with Crippen LogP contribution in [0.25, 0.3) is 0 Å². The van der Waals surface area contributed by atoms with E-state index in [1.807, 2.05) is 30.3 Å². The highest BCUT2D eigenvalue weighted by Crippen LogP contribution is 2.28. The Labute approximate surface area is 119 Å². The Bertz CT molecular complexity index is 415. The first-order valence-corrected chi connectivity index (χ1v) is 7.36. The van der Waals surface area contributed by atoms with Crippen LogP contribution in [-0.4, -0.2) is 28.3 Å². The average molecular weight is 277 g/mol. The number of aliphatic hydroxyl groups excluding tert-OH is 1. The van der Waals surface area contributed by atoms with Gasteiger partial charge < -0.3 is 10.2 Å². The highest BCUT2D eigenvalue weighted by atomic mass is 16.4. The Balaban J connectivity index is 1.94. The lowest BCUT2D eigenvalue weighted by Crippen LogP contribution is -2.49. The Morgan fingerprint density at radius 1 is 1.20 bits per heavy atom. The third-order valence-electron chi connectivity index (χ3n) is 4.11. The molecule has 20 heavy (non-hydrogen) atoms. The van der Waals surface area contributed by atoms with E-state index < -0.39 is 18.1 Å². The van der Waals surface area contributed by atoms with Crippen molar-refractivity contribution in [1.82, 2.24) is 5.32 Å². The molecular formula is C16H23NO3. The maximum atomic E-state index is 11.4. The third kappa shape index (κ3) is 4.05. The van der Waals surface area contributed by atoms with Crippen LogP contribution in [0.1, 0.15) is 37.7 Å². The lowest BCUT2D eigenvalue weighted by molar-refractivity contribution is -0.144. The number of carboxylic acid groups (broad SMARTS) is 1. The molecule has 1 fully saturated rings. The summed E-state index contributed by atoms with van der Waals surface area (Å²) in [5.41, 5.74) is 1.02. The van der Waals surface area contributed by atoms with Crippen LogP contribution >= 0.6 is 0 Å². The number of carbonyl (C=O) groups is 1. The lowest BCUT2D eigenvalue weighted by atomic mass is 9.82. The molecular weight excluding hydrogens is 254 g/mol. The van der Waals surface area contributed by atoms with Gasteiger partial charge in [-0.15, -0.1) is 0 Å². The Morgan fingerprint density at radius 3 is 2.45 bits per heavy atom. The van der Waals surface area contributed by atoms with E-state index in [9.17, 15) is 15.0 Å². The number of carboxylic acids is 1. The fourth-order valence-corrected chi connectivity index (χ4v) is 2.93. The predicted molar refractivity (Wildman–Crippen MR) is 77.3 cm³/mol. The summed E-state index contributed by atoms with van der Waals surface area (Å²) in [5.74, 6) is -0.868. The van der Waals surface area contributed by atoms with Gasteiger partial charge in [-0.2, -0.15) is 0 Å². The Kier molecular flexibility index (Phi) is 5.56. The molecule has 110 valence electrons. The van der Waals surface area contributed by atoms with Crippen molar-refractivity contribution >= 4 is 5.97 Å². The first-order valence-electron chi connectivity index (χ1n) is 7.36. The van der Waals surface area contributed by atoms with Crippen molar-refractivity contribution in [3.8, 4) is 0 Å². The molecule has 0 bridgehead atoms. The molecule has 0 amide bonds. The van der Waals surface area contributed by atoms with E-state index in [0.717, 1.165) is 31.2 Å². The van der Waals surface area contributed by atoms with Crippen LogP contribution in [0.15, 0.2) is 30.3 Å². The molecule has 0 heterocycles. The molecule has 0 unspecified atom stereocenters. The SMILES string of the molecule is O=C(O)[C@H](NCc1ccccc1)[C@H](O)C1CCCCC1. The minimum Gasteiger partial charge on any atom is -0.480 e. The van der Waals surface area contributed by atoms with Gasteiger partial charge in [0.15, 0.2) is 0 Å². The molecule has 4 nitrogen and oxygen atoms in total. The molecule has 1 aliphatic rings. The second kappa shape index (κ2) is 7.41. The van der Waals surface area contributed by atoms with E-state index in [2.05, 4.69) is 5.32 Å². The largest absolute Gasteiger partial charge is 0.480 e. The maximum Gasteiger partial charge on any atom is 0.323 e. The number of aliphatic hydroxyl groups is 1. The van der Waals surface area contributed by atoms with Crippen LogP contribution in [0, 0.1) is 5.92 Å². The van der Waals surface area contributed by atoms with Gasteiger partial charge in [-0.1, -0.05) is 49.6 Å². The van der Waals surface area contributed by atoms with Crippen molar-refractivity contribution in [3.63, 3.8) is 0 Å². The summed E-state index contributed by atoms with van der Waals surface area (Å²) in [5, 5.41) is 22.7. The zero-order valence-corrected chi connectivity index (χ0v) is 11.7. The van der Waals surface area contributed by atoms with Gasteiger partial charge in [0.1, 0.15) is 6.04 Å². The number of rotatable bonds is 6. The quantitative estimate of drug-likeness (QED) is 0.745. The molecule has 0 radical (unpaired) electrons. The molecule has 2 rings (SSSR count). The van der Waals surface area contributed by atoms with Gasteiger partial charge in [-0.05, 0) is 24.3 Å². The summed E-state index contributed by atoms with van der Waals surface area (Å²) in [7, 11) is 0. The van der Waals surface area contributed by atoms with Crippen molar-refractivity contribution in [2.24, 2.45) is 5.92 Å². The first kappa shape index (κ1) is 15.0. The van der Waals surface area contributed by atoms with Crippen molar-refractivity contribution < 1.29 is 15.0 Å². The highest BCUT2D eigenvalue weighted by Gasteiger charge is 2.33. The summed E-state index contributed by atoms with van der Waals surface area (Å²) in [6.45, 7) is 0.460. The number of aliphatic carboxylic acids is 1. The van der Waals surface area contributed by atoms with Crippen molar-refractivity contribution in [2.75, 3.05) is 0 Å². The topological polar surface area (TPSA) is 69.6 Å². The van der Waals surface area contributed by atoms with Crippen molar-refractivity contribution in [2.45, 2.75) is 50.8 Å². The number of hydrogen-bond donors (Lipinski definition) is 3. The summed E-state index contributed by atoms with van der Waals surface area (Å²) in [6.07, 6.45) is 4.42. The fourth-order valence-electron chi connectivity index (χ4n) is 2.93. The normalized spacial score (nSPS) is 19.4. The van der Waals surface area contributed by atoms with E-state index >= 15 is 0 Å². The van der Waals surface area contributed by atoms with E-state index in [-0.39, 0.29) is 5.92 Å². The fraction of sp³-hybridized carbons (Fsp3) is 0.562. The monoisotopic (exact) mass is 277 g/mol. The number of hydrogen-bond acceptors (Lipinski definition) is 3. The summed E-state index contributed by atoms with van der Waals surface area (Å²) < 4.78 is 0. The van der Waals surface area contributed by atoms with E-state index in [0.29, 0.717) is 6.54 Å². The van der Waals surface area contributed by atoms with Gasteiger partial charge >= 0.3 is 5.97 Å². The predicted octanol–water partition coefficient (Wildman–Crippen LogP) is 2.17. The molecule has 2 atom stereocenters. The molecule has 1 saturated carbocycles. The smallest absolute Gasteiger partial charge is 0.323 e. The minimum absolute atomic E-state index is 0.105.